The van der Waals surface area contributed by atoms with Crippen LogP contribution in [0.2, 0.25) is 0 Å². The summed E-state index contributed by atoms with van der Waals surface area (Å²) in [5.74, 6) is 0. The zero-order valence-corrected chi connectivity index (χ0v) is 13.5. The standard InChI is InChI=1S/C14H11BrF3NO2S/c15-12-4-6-13(7-5-12)22(20,21)19-9-10-2-1-3-11(8-10)14(16,17)18/h1-8,19H,9H2. The molecule has 2 rings (SSSR count). The van der Waals surface area contributed by atoms with Crippen molar-refractivity contribution >= 4 is 26.0 Å². The molecule has 2 aromatic rings. The van der Waals surface area contributed by atoms with E-state index in [1.54, 1.807) is 12.1 Å². The number of sulfonamides is 1. The van der Waals surface area contributed by atoms with Crippen molar-refractivity contribution in [2.75, 3.05) is 0 Å². The SMILES string of the molecule is O=S(=O)(NCc1cccc(C(F)(F)F)c1)c1ccc(Br)cc1. The van der Waals surface area contributed by atoms with Gasteiger partial charge in [0.05, 0.1) is 10.5 Å². The highest BCUT2D eigenvalue weighted by atomic mass is 79.9. The highest BCUT2D eigenvalue weighted by molar-refractivity contribution is 9.10. The zero-order chi connectivity index (χ0) is 16.4. The summed E-state index contributed by atoms with van der Waals surface area (Å²) in [5.41, 5.74) is -0.580. The van der Waals surface area contributed by atoms with Crippen molar-refractivity contribution in [1.82, 2.24) is 4.72 Å². The second-order valence-electron chi connectivity index (χ2n) is 4.48. The van der Waals surface area contributed by atoms with Crippen molar-refractivity contribution in [2.45, 2.75) is 17.6 Å². The summed E-state index contributed by atoms with van der Waals surface area (Å²) >= 11 is 3.19. The molecule has 0 spiro atoms. The molecule has 0 saturated heterocycles. The average molecular weight is 394 g/mol. The smallest absolute Gasteiger partial charge is 0.207 e. The first-order valence-corrected chi connectivity index (χ1v) is 8.37. The van der Waals surface area contributed by atoms with Gasteiger partial charge in [0.25, 0.3) is 0 Å². The molecular weight excluding hydrogens is 383 g/mol. The van der Waals surface area contributed by atoms with Crippen LogP contribution >= 0.6 is 15.9 Å². The minimum Gasteiger partial charge on any atom is -0.207 e. The zero-order valence-electron chi connectivity index (χ0n) is 11.1. The first kappa shape index (κ1) is 17.0. The third kappa shape index (κ3) is 4.31. The summed E-state index contributed by atoms with van der Waals surface area (Å²) in [6.45, 7) is -0.220. The third-order valence-corrected chi connectivity index (χ3v) is 4.79. The second-order valence-corrected chi connectivity index (χ2v) is 7.16. The van der Waals surface area contributed by atoms with Gasteiger partial charge in [-0.3, -0.25) is 0 Å². The average Bonchev–Trinajstić information content (AvgIpc) is 2.45. The molecule has 118 valence electrons. The van der Waals surface area contributed by atoms with Crippen LogP contribution in [-0.4, -0.2) is 8.42 Å². The molecule has 0 fully saturated rings. The van der Waals surface area contributed by atoms with Crippen LogP contribution in [0.1, 0.15) is 11.1 Å². The molecule has 0 aromatic heterocycles. The molecule has 0 aliphatic rings. The Labute approximate surface area is 134 Å². The van der Waals surface area contributed by atoms with E-state index < -0.39 is 21.8 Å². The normalized spacial score (nSPS) is 12.4. The lowest BCUT2D eigenvalue weighted by Gasteiger charge is -2.10. The Balaban J connectivity index is 2.14. The molecule has 0 bridgehead atoms. The van der Waals surface area contributed by atoms with Gasteiger partial charge in [-0.1, -0.05) is 34.1 Å². The summed E-state index contributed by atoms with van der Waals surface area (Å²) in [7, 11) is -3.78. The lowest BCUT2D eigenvalue weighted by molar-refractivity contribution is -0.137. The monoisotopic (exact) mass is 393 g/mol. The first-order valence-electron chi connectivity index (χ1n) is 6.10. The molecular formula is C14H11BrF3NO2S. The van der Waals surface area contributed by atoms with Gasteiger partial charge in [0.15, 0.2) is 0 Å². The molecule has 22 heavy (non-hydrogen) atoms. The Morgan fingerprint density at radius 1 is 1.05 bits per heavy atom. The Morgan fingerprint density at radius 3 is 2.27 bits per heavy atom. The first-order chi connectivity index (χ1) is 10.2. The van der Waals surface area contributed by atoms with E-state index in [-0.39, 0.29) is 17.0 Å². The van der Waals surface area contributed by atoms with E-state index in [0.29, 0.717) is 0 Å². The van der Waals surface area contributed by atoms with Gasteiger partial charge in [0.1, 0.15) is 0 Å². The van der Waals surface area contributed by atoms with Gasteiger partial charge >= 0.3 is 6.18 Å². The molecule has 3 nitrogen and oxygen atoms in total. The third-order valence-electron chi connectivity index (χ3n) is 2.84. The van der Waals surface area contributed by atoms with Gasteiger partial charge in [-0.2, -0.15) is 13.2 Å². The quantitative estimate of drug-likeness (QED) is 0.854. The van der Waals surface area contributed by atoms with Gasteiger partial charge < -0.3 is 0 Å². The predicted molar refractivity (Wildman–Crippen MR) is 79.6 cm³/mol. The van der Waals surface area contributed by atoms with E-state index in [2.05, 4.69) is 20.7 Å². The number of nitrogens with one attached hydrogen (secondary N) is 1. The van der Waals surface area contributed by atoms with E-state index in [4.69, 9.17) is 0 Å². The van der Waals surface area contributed by atoms with Crippen LogP contribution < -0.4 is 4.72 Å². The van der Waals surface area contributed by atoms with Crippen molar-refractivity contribution in [2.24, 2.45) is 0 Å². The van der Waals surface area contributed by atoms with E-state index in [0.717, 1.165) is 16.6 Å². The molecule has 0 atom stereocenters. The van der Waals surface area contributed by atoms with Gasteiger partial charge in [0.2, 0.25) is 10.0 Å². The molecule has 1 N–H and O–H groups in total. The van der Waals surface area contributed by atoms with Crippen molar-refractivity contribution < 1.29 is 21.6 Å². The topological polar surface area (TPSA) is 46.2 Å². The molecule has 8 heteroatoms. The summed E-state index contributed by atoms with van der Waals surface area (Å²) in [4.78, 5) is 0.0441. The van der Waals surface area contributed by atoms with Crippen LogP contribution in [0.5, 0.6) is 0 Å². The Bertz CT molecular complexity index is 758. The van der Waals surface area contributed by atoms with Crippen LogP contribution in [0.4, 0.5) is 13.2 Å². The Kier molecular flexibility index (Phi) is 4.93. The number of benzene rings is 2. The van der Waals surface area contributed by atoms with Crippen LogP contribution in [0.25, 0.3) is 0 Å². The molecule has 2 aromatic carbocycles. The largest absolute Gasteiger partial charge is 0.416 e. The fraction of sp³-hybridized carbons (Fsp3) is 0.143. The van der Waals surface area contributed by atoms with E-state index >= 15 is 0 Å². The van der Waals surface area contributed by atoms with E-state index in [1.807, 2.05) is 0 Å². The van der Waals surface area contributed by atoms with Crippen LogP contribution in [0.3, 0.4) is 0 Å². The maximum Gasteiger partial charge on any atom is 0.416 e. The van der Waals surface area contributed by atoms with Crippen molar-refractivity contribution in [3.63, 3.8) is 0 Å². The minimum atomic E-state index is -4.46. The van der Waals surface area contributed by atoms with Crippen LogP contribution in [-0.2, 0) is 22.7 Å². The summed E-state index contributed by atoms with van der Waals surface area (Å²) in [5, 5.41) is 0. The van der Waals surface area contributed by atoms with Gasteiger partial charge in [0, 0.05) is 11.0 Å². The summed E-state index contributed by atoms with van der Waals surface area (Å²) < 4.78 is 64.9. The number of alkyl halides is 3. The van der Waals surface area contributed by atoms with Crippen LogP contribution in [0, 0.1) is 0 Å². The molecule has 0 heterocycles. The van der Waals surface area contributed by atoms with Crippen molar-refractivity contribution in [3.8, 4) is 0 Å². The highest BCUT2D eigenvalue weighted by Gasteiger charge is 2.30. The maximum absolute atomic E-state index is 12.6. The molecule has 0 saturated carbocycles. The van der Waals surface area contributed by atoms with Gasteiger partial charge in [-0.25, -0.2) is 13.1 Å². The van der Waals surface area contributed by atoms with E-state index in [1.165, 1.54) is 24.3 Å². The lowest BCUT2D eigenvalue weighted by Crippen LogP contribution is -2.23. The van der Waals surface area contributed by atoms with Gasteiger partial charge in [-0.05, 0) is 35.9 Å². The summed E-state index contributed by atoms with van der Waals surface area (Å²) in [6.07, 6.45) is -4.46. The Hall–Kier alpha value is -1.38. The molecule has 0 unspecified atom stereocenters. The second kappa shape index (κ2) is 6.39. The number of halogens is 4. The molecule has 0 aliphatic heterocycles. The van der Waals surface area contributed by atoms with Gasteiger partial charge in [-0.15, -0.1) is 0 Å². The van der Waals surface area contributed by atoms with Crippen LogP contribution in [0.15, 0.2) is 57.9 Å². The Morgan fingerprint density at radius 2 is 1.68 bits per heavy atom. The fourth-order valence-corrected chi connectivity index (χ4v) is 3.02. The molecule has 0 radical (unpaired) electrons. The lowest BCUT2D eigenvalue weighted by atomic mass is 10.1. The highest BCUT2D eigenvalue weighted by Crippen LogP contribution is 2.29. The molecule has 0 aliphatic carbocycles. The summed E-state index contributed by atoms with van der Waals surface area (Å²) in [6, 6.07) is 10.5. The maximum atomic E-state index is 12.6. The van der Waals surface area contributed by atoms with Crippen molar-refractivity contribution in [1.29, 1.82) is 0 Å². The van der Waals surface area contributed by atoms with Crippen molar-refractivity contribution in [3.05, 3.63) is 64.1 Å². The van der Waals surface area contributed by atoms with E-state index in [9.17, 15) is 21.6 Å². The number of hydrogen-bond donors (Lipinski definition) is 1. The molecule has 0 amide bonds. The number of hydrogen-bond acceptors (Lipinski definition) is 2. The number of rotatable bonds is 4. The fourth-order valence-electron chi connectivity index (χ4n) is 1.73. The minimum absolute atomic E-state index is 0.0441. The predicted octanol–water partition coefficient (Wildman–Crippen LogP) is 3.95.